The number of carbonyl (C=O) groups is 2. The molecule has 0 atom stereocenters. The number of hydrogen-bond donors (Lipinski definition) is 0. The van der Waals surface area contributed by atoms with Crippen molar-refractivity contribution in [1.29, 1.82) is 0 Å². The van der Waals surface area contributed by atoms with Crippen molar-refractivity contribution in [2.45, 2.75) is 4.90 Å². The average Bonchev–Trinajstić information content (AvgIpc) is 2.60. The van der Waals surface area contributed by atoms with Gasteiger partial charge >= 0.3 is 6.09 Å². The Labute approximate surface area is 162 Å². The van der Waals surface area contributed by atoms with Crippen LogP contribution in [0.2, 0.25) is 10.0 Å². The van der Waals surface area contributed by atoms with Crippen molar-refractivity contribution in [3.05, 3.63) is 28.2 Å². The molecule has 0 aliphatic carbocycles. The zero-order valence-corrected chi connectivity index (χ0v) is 16.6. The van der Waals surface area contributed by atoms with E-state index in [4.69, 9.17) is 23.2 Å². The van der Waals surface area contributed by atoms with Gasteiger partial charge in [0.05, 0.1) is 17.2 Å². The maximum Gasteiger partial charge on any atom is 0.409 e. The monoisotopic (exact) mass is 423 g/mol. The summed E-state index contributed by atoms with van der Waals surface area (Å²) >= 11 is 12.0. The number of ether oxygens (including phenoxy) is 1. The Morgan fingerprint density at radius 2 is 1.69 bits per heavy atom. The lowest BCUT2D eigenvalue weighted by atomic mass is 10.3. The van der Waals surface area contributed by atoms with E-state index in [1.54, 1.807) is 6.07 Å². The summed E-state index contributed by atoms with van der Waals surface area (Å²) in [6.45, 7) is 0.481. The maximum atomic E-state index is 12.8. The van der Waals surface area contributed by atoms with Crippen LogP contribution >= 0.6 is 23.2 Å². The van der Waals surface area contributed by atoms with E-state index >= 15 is 0 Å². The Morgan fingerprint density at radius 3 is 2.19 bits per heavy atom. The fourth-order valence-electron chi connectivity index (χ4n) is 2.56. The summed E-state index contributed by atoms with van der Waals surface area (Å²) in [6, 6.07) is 4.49. The van der Waals surface area contributed by atoms with Crippen molar-refractivity contribution in [3.63, 3.8) is 0 Å². The fraction of sp³-hybridized carbons (Fsp3) is 0.467. The van der Waals surface area contributed by atoms with Crippen LogP contribution in [-0.2, 0) is 19.6 Å². The van der Waals surface area contributed by atoms with E-state index in [0.717, 1.165) is 4.90 Å². The molecule has 0 bridgehead atoms. The highest BCUT2D eigenvalue weighted by atomic mass is 35.5. The normalized spacial score (nSPS) is 15.6. The summed E-state index contributed by atoms with van der Waals surface area (Å²) in [7, 11) is -1.19. The third-order valence-corrected chi connectivity index (χ3v) is 6.82. The number of rotatable bonds is 4. The molecule has 26 heavy (non-hydrogen) atoms. The molecule has 144 valence electrons. The van der Waals surface area contributed by atoms with Gasteiger partial charge in [-0.3, -0.25) is 4.79 Å². The quantitative estimate of drug-likeness (QED) is 0.732. The Kier molecular flexibility index (Phi) is 6.73. The molecule has 1 aliphatic rings. The summed E-state index contributed by atoms with van der Waals surface area (Å²) in [4.78, 5) is 26.1. The molecule has 1 aromatic carbocycles. The van der Waals surface area contributed by atoms with E-state index in [9.17, 15) is 18.0 Å². The molecule has 0 saturated carbocycles. The van der Waals surface area contributed by atoms with Crippen molar-refractivity contribution >= 4 is 45.2 Å². The number of sulfonamides is 1. The molecule has 0 radical (unpaired) electrons. The molecular weight excluding hydrogens is 405 g/mol. The van der Waals surface area contributed by atoms with E-state index in [1.165, 1.54) is 35.5 Å². The van der Waals surface area contributed by atoms with Gasteiger partial charge in [-0.1, -0.05) is 29.3 Å². The third-order valence-electron chi connectivity index (χ3n) is 3.97. The van der Waals surface area contributed by atoms with Gasteiger partial charge in [0, 0.05) is 33.2 Å². The molecule has 1 fully saturated rings. The second-order valence-electron chi connectivity index (χ2n) is 5.66. The Bertz CT molecular complexity index is 774. The van der Waals surface area contributed by atoms with Crippen LogP contribution in [0.4, 0.5) is 4.79 Å². The highest BCUT2D eigenvalue weighted by Gasteiger charge is 2.33. The Balaban J connectivity index is 2.04. The summed E-state index contributed by atoms with van der Waals surface area (Å²) in [5, 5.41) is 0.103. The minimum atomic E-state index is -3.87. The summed E-state index contributed by atoms with van der Waals surface area (Å²) in [5.74, 6) is -0.286. The smallest absolute Gasteiger partial charge is 0.409 e. The first-order valence-electron chi connectivity index (χ1n) is 7.69. The Morgan fingerprint density at radius 1 is 1.15 bits per heavy atom. The molecule has 8 nitrogen and oxygen atoms in total. The maximum absolute atomic E-state index is 12.8. The van der Waals surface area contributed by atoms with Gasteiger partial charge in [-0.15, -0.1) is 0 Å². The molecule has 2 amide bonds. The number of likely N-dealkylation sites (N-methyl/N-ethyl adjacent to an activating group) is 1. The van der Waals surface area contributed by atoms with E-state index in [-0.39, 0.29) is 53.6 Å². The van der Waals surface area contributed by atoms with Crippen LogP contribution in [0.15, 0.2) is 23.1 Å². The molecular formula is C15H19Cl2N3O5S. The van der Waals surface area contributed by atoms with E-state index in [2.05, 4.69) is 4.74 Å². The van der Waals surface area contributed by atoms with Crippen molar-refractivity contribution in [1.82, 2.24) is 14.1 Å². The second-order valence-corrected chi connectivity index (χ2v) is 8.35. The Hall–Kier alpha value is -1.55. The largest absolute Gasteiger partial charge is 0.453 e. The summed E-state index contributed by atoms with van der Waals surface area (Å²) in [5.41, 5.74) is 0. The highest BCUT2D eigenvalue weighted by Crippen LogP contribution is 2.31. The van der Waals surface area contributed by atoms with Gasteiger partial charge in [-0.05, 0) is 12.1 Å². The fourth-order valence-corrected chi connectivity index (χ4v) is 5.07. The molecule has 11 heteroatoms. The van der Waals surface area contributed by atoms with Gasteiger partial charge in [0.25, 0.3) is 0 Å². The van der Waals surface area contributed by atoms with Gasteiger partial charge in [0.2, 0.25) is 15.9 Å². The first kappa shape index (κ1) is 20.8. The zero-order valence-electron chi connectivity index (χ0n) is 14.3. The SMILES string of the molecule is COC(=O)N(C)CC(=O)N1CCN(S(=O)(=O)c2c(Cl)cccc2Cl)CC1. The molecule has 1 aliphatic heterocycles. The number of piperazine rings is 1. The van der Waals surface area contributed by atoms with Gasteiger partial charge in [0.1, 0.15) is 11.4 Å². The molecule has 0 N–H and O–H groups in total. The van der Waals surface area contributed by atoms with Crippen LogP contribution < -0.4 is 0 Å². The number of halogens is 2. The zero-order chi connectivity index (χ0) is 19.5. The van der Waals surface area contributed by atoms with Gasteiger partial charge in [0.15, 0.2) is 0 Å². The van der Waals surface area contributed by atoms with E-state index in [1.807, 2.05) is 0 Å². The van der Waals surface area contributed by atoms with Crippen LogP contribution in [0.5, 0.6) is 0 Å². The van der Waals surface area contributed by atoms with Crippen molar-refractivity contribution in [2.24, 2.45) is 0 Å². The van der Waals surface area contributed by atoms with Crippen molar-refractivity contribution < 1.29 is 22.7 Å². The first-order valence-corrected chi connectivity index (χ1v) is 9.89. The van der Waals surface area contributed by atoms with Crippen molar-refractivity contribution in [2.75, 3.05) is 46.9 Å². The number of hydrogen-bond acceptors (Lipinski definition) is 5. The lowest BCUT2D eigenvalue weighted by Gasteiger charge is -2.34. The van der Waals surface area contributed by atoms with Gasteiger partial charge < -0.3 is 14.5 Å². The van der Waals surface area contributed by atoms with E-state index in [0.29, 0.717) is 0 Å². The van der Waals surface area contributed by atoms with Crippen LogP contribution in [0.1, 0.15) is 0 Å². The van der Waals surface area contributed by atoms with Crippen molar-refractivity contribution in [3.8, 4) is 0 Å². The predicted octanol–water partition coefficient (Wildman–Crippen LogP) is 1.52. The second kappa shape index (κ2) is 8.43. The molecule has 0 unspecified atom stereocenters. The third kappa shape index (κ3) is 4.40. The lowest BCUT2D eigenvalue weighted by Crippen LogP contribution is -2.52. The lowest BCUT2D eigenvalue weighted by molar-refractivity contribution is -0.133. The topological polar surface area (TPSA) is 87.2 Å². The van der Waals surface area contributed by atoms with Gasteiger partial charge in [-0.2, -0.15) is 4.31 Å². The number of nitrogens with zero attached hydrogens (tertiary/aromatic N) is 3. The molecule has 1 saturated heterocycles. The van der Waals surface area contributed by atoms with Gasteiger partial charge in [-0.25, -0.2) is 13.2 Å². The predicted molar refractivity (Wildman–Crippen MR) is 96.8 cm³/mol. The number of amides is 2. The molecule has 0 spiro atoms. The standard InChI is InChI=1S/C15H19Cl2N3O5S/c1-18(15(22)25-2)10-13(21)19-6-8-20(9-7-19)26(23,24)14-11(16)4-3-5-12(14)17/h3-5H,6-10H2,1-2H3. The highest BCUT2D eigenvalue weighted by molar-refractivity contribution is 7.89. The molecule has 1 heterocycles. The summed E-state index contributed by atoms with van der Waals surface area (Å²) < 4.78 is 31.4. The first-order chi connectivity index (χ1) is 12.2. The summed E-state index contributed by atoms with van der Waals surface area (Å²) in [6.07, 6.45) is -0.618. The number of carbonyl (C=O) groups excluding carboxylic acids is 2. The molecule has 1 aromatic rings. The minimum Gasteiger partial charge on any atom is -0.453 e. The van der Waals surface area contributed by atoms with Crippen LogP contribution in [0.25, 0.3) is 0 Å². The van der Waals surface area contributed by atoms with E-state index < -0.39 is 16.1 Å². The minimum absolute atomic E-state index is 0.0516. The van der Waals surface area contributed by atoms with Crippen LogP contribution in [0.3, 0.4) is 0 Å². The van der Waals surface area contributed by atoms with Crippen LogP contribution in [-0.4, -0.2) is 81.4 Å². The average molecular weight is 424 g/mol. The van der Waals surface area contributed by atoms with Crippen LogP contribution in [0, 0.1) is 0 Å². The number of benzene rings is 1. The molecule has 0 aromatic heterocycles. The number of methoxy groups -OCH3 is 1. The molecule has 2 rings (SSSR count).